The first-order valence-corrected chi connectivity index (χ1v) is 7.78. The average molecular weight is 304 g/mol. The fourth-order valence-corrected chi connectivity index (χ4v) is 2.93. The van der Waals surface area contributed by atoms with Gasteiger partial charge in [0, 0.05) is 37.3 Å². The van der Waals surface area contributed by atoms with Crippen LogP contribution >= 0.6 is 11.3 Å². The van der Waals surface area contributed by atoms with Crippen LogP contribution in [0.3, 0.4) is 0 Å². The van der Waals surface area contributed by atoms with Crippen LogP contribution in [0.5, 0.6) is 0 Å². The Morgan fingerprint density at radius 3 is 3.05 bits per heavy atom. The van der Waals surface area contributed by atoms with Gasteiger partial charge >= 0.3 is 0 Å². The van der Waals surface area contributed by atoms with Gasteiger partial charge in [0.05, 0.1) is 18.2 Å². The molecule has 1 saturated heterocycles. The molecular formula is C14H16N4O2S. The van der Waals surface area contributed by atoms with Gasteiger partial charge in [-0.15, -0.1) is 11.3 Å². The summed E-state index contributed by atoms with van der Waals surface area (Å²) in [5.74, 6) is 0.726. The largest absolute Gasteiger partial charge is 0.381 e. The number of carbonyl (C=O) groups excluding carboxylic acids is 1. The Bertz CT molecular complexity index is 596. The second-order valence-corrected chi connectivity index (χ2v) is 5.68. The lowest BCUT2D eigenvalue weighted by Crippen LogP contribution is -2.32. The number of hydrogen-bond acceptors (Lipinski definition) is 6. The van der Waals surface area contributed by atoms with Crippen LogP contribution in [0.15, 0.2) is 23.8 Å². The normalized spacial score (nSPS) is 17.8. The van der Waals surface area contributed by atoms with Crippen molar-refractivity contribution in [1.29, 1.82) is 0 Å². The van der Waals surface area contributed by atoms with Gasteiger partial charge in [-0.2, -0.15) is 0 Å². The zero-order chi connectivity index (χ0) is 14.5. The molecule has 1 aliphatic heterocycles. The second kappa shape index (κ2) is 6.73. The van der Waals surface area contributed by atoms with E-state index in [9.17, 15) is 4.79 Å². The van der Waals surface area contributed by atoms with E-state index in [-0.39, 0.29) is 11.8 Å². The summed E-state index contributed by atoms with van der Waals surface area (Å²) in [6.07, 6.45) is 4.93. The minimum atomic E-state index is 0.00807. The molecule has 1 fully saturated rings. The van der Waals surface area contributed by atoms with Gasteiger partial charge in [0.15, 0.2) is 10.8 Å². The van der Waals surface area contributed by atoms with Crippen molar-refractivity contribution in [1.82, 2.24) is 20.3 Å². The molecule has 1 aliphatic rings. The quantitative estimate of drug-likeness (QED) is 0.901. The number of thiazole rings is 1. The summed E-state index contributed by atoms with van der Waals surface area (Å²) in [6, 6.07) is 1.78. The molecule has 3 rings (SSSR count). The molecule has 0 saturated carbocycles. The fourth-order valence-electron chi connectivity index (χ4n) is 2.13. The standard InChI is InChI=1S/C14H16N4O2S/c19-13(10-3-7-20-8-10)17-6-2-11-9-21-14(18-11)12-15-4-1-5-16-12/h1,4-5,9-10H,2-3,6-8H2,(H,17,19)/t10-/m0/s1. The van der Waals surface area contributed by atoms with Gasteiger partial charge in [0.1, 0.15) is 0 Å². The van der Waals surface area contributed by atoms with Crippen LogP contribution in [0.1, 0.15) is 12.1 Å². The molecule has 0 radical (unpaired) electrons. The van der Waals surface area contributed by atoms with E-state index in [1.807, 2.05) is 5.38 Å². The van der Waals surface area contributed by atoms with Crippen molar-refractivity contribution in [2.45, 2.75) is 12.8 Å². The Morgan fingerprint density at radius 2 is 2.29 bits per heavy atom. The summed E-state index contributed by atoms with van der Waals surface area (Å²) in [4.78, 5) is 24.7. The van der Waals surface area contributed by atoms with Crippen molar-refractivity contribution in [3.8, 4) is 10.8 Å². The van der Waals surface area contributed by atoms with Crippen molar-refractivity contribution >= 4 is 17.2 Å². The first kappa shape index (κ1) is 14.1. The lowest BCUT2D eigenvalue weighted by atomic mass is 10.1. The number of amides is 1. The van der Waals surface area contributed by atoms with Gasteiger partial charge in [-0.1, -0.05) is 0 Å². The maximum absolute atomic E-state index is 11.8. The predicted octanol–water partition coefficient (Wildman–Crippen LogP) is 1.30. The van der Waals surface area contributed by atoms with Crippen LogP contribution < -0.4 is 5.32 Å². The molecule has 3 heterocycles. The van der Waals surface area contributed by atoms with Crippen molar-refractivity contribution in [2.24, 2.45) is 5.92 Å². The summed E-state index contributed by atoms with van der Waals surface area (Å²) >= 11 is 1.52. The van der Waals surface area contributed by atoms with E-state index in [0.29, 0.717) is 32.0 Å². The highest BCUT2D eigenvalue weighted by atomic mass is 32.1. The van der Waals surface area contributed by atoms with Crippen LogP contribution in [0.25, 0.3) is 10.8 Å². The van der Waals surface area contributed by atoms with Crippen LogP contribution in [0.2, 0.25) is 0 Å². The maximum Gasteiger partial charge on any atom is 0.225 e. The molecule has 2 aromatic rings. The van der Waals surface area contributed by atoms with E-state index in [1.165, 1.54) is 11.3 Å². The van der Waals surface area contributed by atoms with Crippen LogP contribution in [0, 0.1) is 5.92 Å². The molecule has 2 aromatic heterocycles. The smallest absolute Gasteiger partial charge is 0.225 e. The minimum absolute atomic E-state index is 0.00807. The van der Waals surface area contributed by atoms with Gasteiger partial charge in [0.2, 0.25) is 5.91 Å². The van der Waals surface area contributed by atoms with E-state index < -0.39 is 0 Å². The minimum Gasteiger partial charge on any atom is -0.381 e. The third kappa shape index (κ3) is 3.62. The Kier molecular flexibility index (Phi) is 4.52. The Hall–Kier alpha value is -1.86. The van der Waals surface area contributed by atoms with E-state index in [0.717, 1.165) is 17.1 Å². The third-order valence-electron chi connectivity index (χ3n) is 3.29. The average Bonchev–Trinajstić information content (AvgIpc) is 3.20. The van der Waals surface area contributed by atoms with Crippen molar-refractivity contribution in [3.05, 3.63) is 29.5 Å². The summed E-state index contributed by atoms with van der Waals surface area (Å²) in [6.45, 7) is 1.82. The monoisotopic (exact) mass is 304 g/mol. The topological polar surface area (TPSA) is 77.0 Å². The first-order chi connectivity index (χ1) is 10.3. The molecule has 0 spiro atoms. The highest BCUT2D eigenvalue weighted by molar-refractivity contribution is 7.13. The molecule has 0 bridgehead atoms. The molecule has 1 atom stereocenters. The van der Waals surface area contributed by atoms with Crippen LogP contribution in [-0.4, -0.2) is 40.6 Å². The summed E-state index contributed by atoms with van der Waals surface area (Å²) in [5.41, 5.74) is 0.949. The Balaban J connectivity index is 1.50. The third-order valence-corrected chi connectivity index (χ3v) is 4.18. The molecule has 1 amide bonds. The maximum atomic E-state index is 11.8. The van der Waals surface area contributed by atoms with Crippen molar-refractivity contribution in [3.63, 3.8) is 0 Å². The number of aromatic nitrogens is 3. The zero-order valence-electron chi connectivity index (χ0n) is 11.5. The number of carbonyl (C=O) groups is 1. The van der Waals surface area contributed by atoms with Gasteiger partial charge in [-0.05, 0) is 12.5 Å². The number of rotatable bonds is 5. The molecule has 0 aliphatic carbocycles. The zero-order valence-corrected chi connectivity index (χ0v) is 12.3. The van der Waals surface area contributed by atoms with Gasteiger partial charge in [0.25, 0.3) is 0 Å². The number of ether oxygens (including phenoxy) is 1. The van der Waals surface area contributed by atoms with E-state index in [2.05, 4.69) is 20.3 Å². The van der Waals surface area contributed by atoms with E-state index in [1.54, 1.807) is 18.5 Å². The van der Waals surface area contributed by atoms with E-state index in [4.69, 9.17) is 4.74 Å². The molecule has 6 nitrogen and oxygen atoms in total. The second-order valence-electron chi connectivity index (χ2n) is 4.82. The summed E-state index contributed by atoms with van der Waals surface area (Å²) < 4.78 is 5.21. The lowest BCUT2D eigenvalue weighted by Gasteiger charge is -2.08. The van der Waals surface area contributed by atoms with Crippen LogP contribution in [0.4, 0.5) is 0 Å². The molecule has 1 N–H and O–H groups in total. The SMILES string of the molecule is O=C(NCCc1csc(-c2ncccn2)n1)[C@H]1CCOC1. The highest BCUT2D eigenvalue weighted by Crippen LogP contribution is 2.19. The summed E-state index contributed by atoms with van der Waals surface area (Å²) in [5, 5.41) is 5.73. The van der Waals surface area contributed by atoms with Crippen LogP contribution in [-0.2, 0) is 16.0 Å². The summed E-state index contributed by atoms with van der Waals surface area (Å²) in [7, 11) is 0. The van der Waals surface area contributed by atoms with Gasteiger partial charge in [-0.25, -0.2) is 15.0 Å². The predicted molar refractivity (Wildman–Crippen MR) is 78.8 cm³/mol. The molecular weight excluding hydrogens is 288 g/mol. The van der Waals surface area contributed by atoms with Gasteiger partial charge in [-0.3, -0.25) is 4.79 Å². The van der Waals surface area contributed by atoms with Crippen molar-refractivity contribution < 1.29 is 9.53 Å². The Morgan fingerprint density at radius 1 is 1.43 bits per heavy atom. The van der Waals surface area contributed by atoms with Crippen molar-refractivity contribution in [2.75, 3.05) is 19.8 Å². The highest BCUT2D eigenvalue weighted by Gasteiger charge is 2.22. The number of nitrogens with one attached hydrogen (secondary N) is 1. The first-order valence-electron chi connectivity index (χ1n) is 6.90. The molecule has 0 unspecified atom stereocenters. The van der Waals surface area contributed by atoms with Gasteiger partial charge < -0.3 is 10.1 Å². The molecule has 21 heavy (non-hydrogen) atoms. The number of hydrogen-bond donors (Lipinski definition) is 1. The molecule has 0 aromatic carbocycles. The fraction of sp³-hybridized carbons (Fsp3) is 0.429. The van der Waals surface area contributed by atoms with E-state index >= 15 is 0 Å². The number of nitrogens with zero attached hydrogens (tertiary/aromatic N) is 3. The Labute approximate surface area is 126 Å². The molecule has 110 valence electrons. The molecule has 7 heteroatoms. The lowest BCUT2D eigenvalue weighted by molar-refractivity contribution is -0.124.